The number of para-hydroxylation sites is 1. The first-order chi connectivity index (χ1) is 8.36. The number of allylic oxidation sites excluding steroid dienone is 3. The van der Waals surface area contributed by atoms with Crippen LogP contribution in [0, 0.1) is 0 Å². The van der Waals surface area contributed by atoms with Gasteiger partial charge in [-0.25, -0.2) is 0 Å². The van der Waals surface area contributed by atoms with E-state index < -0.39 is 0 Å². The minimum absolute atomic E-state index is 0.946. The molecular formula is C16H25N. The molecule has 1 aromatic rings. The summed E-state index contributed by atoms with van der Waals surface area (Å²) in [4.78, 5) is 0. The van der Waals surface area contributed by atoms with Crippen molar-refractivity contribution in [1.82, 2.24) is 0 Å². The summed E-state index contributed by atoms with van der Waals surface area (Å²) in [7, 11) is 0. The maximum atomic E-state index is 3.70. The second kappa shape index (κ2) is 14.2. The third kappa shape index (κ3) is 9.19. The van der Waals surface area contributed by atoms with Crippen LogP contribution < -0.4 is 5.32 Å². The predicted molar refractivity (Wildman–Crippen MR) is 81.2 cm³/mol. The standard InChI is InChI=1S/C12H13N.2C2H6/c1-3-8-11(4-2)13-12-9-6-5-7-10-12;2*1-2/h3-10,13H,1-2H2;2*1-2H3/b11-8+;;. The van der Waals surface area contributed by atoms with Crippen LogP contribution in [0.1, 0.15) is 27.7 Å². The van der Waals surface area contributed by atoms with Gasteiger partial charge in [0.05, 0.1) is 0 Å². The Labute approximate surface area is 107 Å². The molecule has 0 aromatic heterocycles. The Balaban J connectivity index is 0. The molecule has 1 rings (SSSR count). The van der Waals surface area contributed by atoms with Gasteiger partial charge >= 0.3 is 0 Å². The quantitative estimate of drug-likeness (QED) is 0.683. The van der Waals surface area contributed by atoms with E-state index in [2.05, 4.69) is 18.5 Å². The minimum Gasteiger partial charge on any atom is -0.356 e. The van der Waals surface area contributed by atoms with Crippen molar-refractivity contribution in [3.8, 4) is 0 Å². The first-order valence-electron chi connectivity index (χ1n) is 6.14. The van der Waals surface area contributed by atoms with Crippen molar-refractivity contribution < 1.29 is 0 Å². The normalized spacial score (nSPS) is 8.82. The van der Waals surface area contributed by atoms with E-state index in [1.807, 2.05) is 64.1 Å². The Morgan fingerprint density at radius 2 is 1.53 bits per heavy atom. The SMILES string of the molecule is C=C/C=C(\C=C)Nc1ccccc1.CC.CC. The lowest BCUT2D eigenvalue weighted by Crippen LogP contribution is -1.95. The average Bonchev–Trinajstić information content (AvgIpc) is 2.44. The Bertz CT molecular complexity index is 310. The van der Waals surface area contributed by atoms with Crippen LogP contribution in [0.4, 0.5) is 5.69 Å². The van der Waals surface area contributed by atoms with Crippen LogP contribution in [0.2, 0.25) is 0 Å². The summed E-state index contributed by atoms with van der Waals surface area (Å²) >= 11 is 0. The van der Waals surface area contributed by atoms with Gasteiger partial charge in [0.25, 0.3) is 0 Å². The van der Waals surface area contributed by atoms with E-state index in [0.717, 1.165) is 11.4 Å². The van der Waals surface area contributed by atoms with Crippen molar-refractivity contribution >= 4 is 5.69 Å². The highest BCUT2D eigenvalue weighted by molar-refractivity contribution is 5.50. The number of anilines is 1. The highest BCUT2D eigenvalue weighted by atomic mass is 14.9. The molecule has 0 heterocycles. The van der Waals surface area contributed by atoms with E-state index in [0.29, 0.717) is 0 Å². The molecule has 0 bridgehead atoms. The van der Waals surface area contributed by atoms with Crippen LogP contribution in [0.3, 0.4) is 0 Å². The van der Waals surface area contributed by atoms with Gasteiger partial charge < -0.3 is 5.32 Å². The summed E-state index contributed by atoms with van der Waals surface area (Å²) in [5.74, 6) is 0. The molecule has 0 radical (unpaired) electrons. The summed E-state index contributed by atoms with van der Waals surface area (Å²) in [5.41, 5.74) is 2.00. The first kappa shape index (κ1) is 17.6. The number of benzene rings is 1. The van der Waals surface area contributed by atoms with E-state index in [-0.39, 0.29) is 0 Å². The third-order valence-corrected chi connectivity index (χ3v) is 1.58. The molecule has 0 fully saturated rings. The molecule has 0 spiro atoms. The van der Waals surface area contributed by atoms with Gasteiger partial charge in [0.15, 0.2) is 0 Å². The first-order valence-corrected chi connectivity index (χ1v) is 6.14. The van der Waals surface area contributed by atoms with E-state index in [1.165, 1.54) is 0 Å². The molecule has 0 aliphatic rings. The van der Waals surface area contributed by atoms with Gasteiger partial charge in [0.2, 0.25) is 0 Å². The lowest BCUT2D eigenvalue weighted by atomic mass is 10.3. The second-order valence-corrected chi connectivity index (χ2v) is 2.55. The summed E-state index contributed by atoms with van der Waals surface area (Å²) in [5, 5.41) is 3.20. The lowest BCUT2D eigenvalue weighted by molar-refractivity contribution is 1.48. The smallest absolute Gasteiger partial charge is 0.0384 e. The van der Waals surface area contributed by atoms with E-state index in [9.17, 15) is 0 Å². The van der Waals surface area contributed by atoms with E-state index in [1.54, 1.807) is 12.2 Å². The maximum Gasteiger partial charge on any atom is 0.0384 e. The molecule has 1 heteroatoms. The summed E-state index contributed by atoms with van der Waals surface area (Å²) < 4.78 is 0. The molecule has 0 amide bonds. The predicted octanol–water partition coefficient (Wildman–Crippen LogP) is 5.41. The van der Waals surface area contributed by atoms with Crippen molar-refractivity contribution in [1.29, 1.82) is 0 Å². The lowest BCUT2D eigenvalue weighted by Gasteiger charge is -2.05. The molecule has 1 nitrogen and oxygen atoms in total. The van der Waals surface area contributed by atoms with Crippen LogP contribution in [0.5, 0.6) is 0 Å². The molecule has 0 unspecified atom stereocenters. The van der Waals surface area contributed by atoms with Crippen LogP contribution in [-0.4, -0.2) is 0 Å². The Morgan fingerprint density at radius 1 is 1.00 bits per heavy atom. The fourth-order valence-corrected chi connectivity index (χ4v) is 0.976. The molecule has 0 saturated carbocycles. The van der Waals surface area contributed by atoms with Crippen LogP contribution >= 0.6 is 0 Å². The van der Waals surface area contributed by atoms with Crippen molar-refractivity contribution in [2.75, 3.05) is 5.32 Å². The molecule has 1 aromatic carbocycles. The zero-order chi connectivity index (χ0) is 13.5. The molecule has 0 aliphatic heterocycles. The number of hydrogen-bond acceptors (Lipinski definition) is 1. The maximum absolute atomic E-state index is 3.70. The monoisotopic (exact) mass is 231 g/mol. The van der Waals surface area contributed by atoms with Gasteiger partial charge in [-0.15, -0.1) is 0 Å². The summed E-state index contributed by atoms with van der Waals surface area (Å²) in [6.45, 7) is 15.3. The molecular weight excluding hydrogens is 206 g/mol. The molecule has 0 saturated heterocycles. The molecule has 1 N–H and O–H groups in total. The Kier molecular flexibility index (Phi) is 14.8. The van der Waals surface area contributed by atoms with Gasteiger partial charge in [-0.2, -0.15) is 0 Å². The second-order valence-electron chi connectivity index (χ2n) is 2.55. The van der Waals surface area contributed by atoms with Gasteiger partial charge in [0.1, 0.15) is 0 Å². The van der Waals surface area contributed by atoms with Crippen molar-refractivity contribution in [2.24, 2.45) is 0 Å². The van der Waals surface area contributed by atoms with Crippen molar-refractivity contribution in [3.05, 3.63) is 67.4 Å². The number of nitrogens with one attached hydrogen (secondary N) is 1. The Morgan fingerprint density at radius 3 is 1.94 bits per heavy atom. The van der Waals surface area contributed by atoms with Crippen molar-refractivity contribution in [3.63, 3.8) is 0 Å². The summed E-state index contributed by atoms with van der Waals surface area (Å²) in [6, 6.07) is 9.95. The minimum atomic E-state index is 0.946. The molecule has 0 aliphatic carbocycles. The largest absolute Gasteiger partial charge is 0.356 e. The van der Waals surface area contributed by atoms with Crippen LogP contribution in [-0.2, 0) is 0 Å². The zero-order valence-corrected chi connectivity index (χ0v) is 11.5. The van der Waals surface area contributed by atoms with E-state index in [4.69, 9.17) is 0 Å². The zero-order valence-electron chi connectivity index (χ0n) is 11.5. The van der Waals surface area contributed by atoms with Gasteiger partial charge in [-0.1, -0.05) is 65.1 Å². The van der Waals surface area contributed by atoms with Gasteiger partial charge in [-0.05, 0) is 24.3 Å². The fourth-order valence-electron chi connectivity index (χ4n) is 0.976. The summed E-state index contributed by atoms with van der Waals surface area (Å²) in [6.07, 6.45) is 5.36. The molecule has 94 valence electrons. The van der Waals surface area contributed by atoms with E-state index >= 15 is 0 Å². The molecule has 0 atom stereocenters. The topological polar surface area (TPSA) is 12.0 Å². The van der Waals surface area contributed by atoms with Gasteiger partial charge in [0, 0.05) is 11.4 Å². The number of hydrogen-bond donors (Lipinski definition) is 1. The highest BCUT2D eigenvalue weighted by Crippen LogP contribution is 2.09. The van der Waals surface area contributed by atoms with Crippen molar-refractivity contribution in [2.45, 2.75) is 27.7 Å². The average molecular weight is 231 g/mol. The Hall–Kier alpha value is -1.76. The fraction of sp³-hybridized carbons (Fsp3) is 0.250. The molecule has 17 heavy (non-hydrogen) atoms. The van der Waals surface area contributed by atoms with Gasteiger partial charge in [-0.3, -0.25) is 0 Å². The number of rotatable bonds is 4. The highest BCUT2D eigenvalue weighted by Gasteiger charge is 1.90. The third-order valence-electron chi connectivity index (χ3n) is 1.58. The van der Waals surface area contributed by atoms with Crippen LogP contribution in [0.15, 0.2) is 67.4 Å². The van der Waals surface area contributed by atoms with Crippen LogP contribution in [0.25, 0.3) is 0 Å².